The molecule has 0 aromatic carbocycles. The van der Waals surface area contributed by atoms with Gasteiger partial charge in [-0.25, -0.2) is 14.8 Å². The Labute approximate surface area is 215 Å². The minimum Gasteiger partial charge on any atom is -0.463 e. The summed E-state index contributed by atoms with van der Waals surface area (Å²) in [6.07, 6.45) is 5.41. The predicted molar refractivity (Wildman–Crippen MR) is 136 cm³/mol. The highest BCUT2D eigenvalue weighted by atomic mass is 16.7. The van der Waals surface area contributed by atoms with E-state index in [4.69, 9.17) is 18.8 Å². The molecule has 1 aromatic rings. The van der Waals surface area contributed by atoms with E-state index in [-0.39, 0.29) is 5.91 Å². The largest absolute Gasteiger partial charge is 0.498 e. The fraction of sp³-hybridized carbons (Fsp3) is 0.760. The summed E-state index contributed by atoms with van der Waals surface area (Å²) in [6, 6.07) is -0.304. The van der Waals surface area contributed by atoms with E-state index in [0.29, 0.717) is 31.6 Å². The molecular weight excluding hydrogens is 463 g/mol. The van der Waals surface area contributed by atoms with E-state index in [1.165, 1.54) is 0 Å². The molecule has 10 nitrogen and oxygen atoms in total. The van der Waals surface area contributed by atoms with Gasteiger partial charge in [0.25, 0.3) is 0 Å². The number of likely N-dealkylation sites (tertiary alicyclic amines) is 1. The molecule has 200 valence electrons. The molecular formula is C25H41BN4O6. The van der Waals surface area contributed by atoms with Crippen molar-refractivity contribution < 1.29 is 28.4 Å². The fourth-order valence-electron chi connectivity index (χ4n) is 4.08. The molecule has 0 radical (unpaired) electrons. The zero-order valence-corrected chi connectivity index (χ0v) is 22.9. The van der Waals surface area contributed by atoms with E-state index < -0.39 is 36.1 Å². The van der Waals surface area contributed by atoms with Crippen molar-refractivity contribution in [2.75, 3.05) is 19.7 Å². The molecule has 0 unspecified atom stereocenters. The Balaban J connectivity index is 1.37. The Hall–Kier alpha value is -2.40. The second kappa shape index (κ2) is 10.9. The van der Waals surface area contributed by atoms with Crippen molar-refractivity contribution in [2.24, 2.45) is 5.92 Å². The standard InChI is InChI=1S/C25H41BN4O6/c1-17(29-22(32)34-23(2,3)4)20(31)30-12-9-18(10-13-30)11-14-33-21-27-15-19(16-28-21)26-35-24(5,6)25(7,8)36-26/h15-18H,9-14H2,1-8H3,(H,29,32)/t17-/m1/s1. The molecule has 2 aliphatic heterocycles. The average Bonchev–Trinajstić information content (AvgIpc) is 2.99. The highest BCUT2D eigenvalue weighted by Crippen LogP contribution is 2.36. The Kier molecular flexibility index (Phi) is 8.55. The SMILES string of the molecule is C[C@@H](NC(=O)OC(C)(C)C)C(=O)N1CCC(CCOc2ncc(B3OC(C)(C)C(C)(C)O3)cn2)CC1. The number of ether oxygens (including phenoxy) is 2. The molecule has 11 heteroatoms. The molecule has 3 rings (SSSR count). The second-order valence-electron chi connectivity index (χ2n) is 11.7. The van der Waals surface area contributed by atoms with Crippen LogP contribution in [-0.2, 0) is 18.8 Å². The van der Waals surface area contributed by atoms with Gasteiger partial charge in [-0.15, -0.1) is 0 Å². The molecule has 3 heterocycles. The van der Waals surface area contributed by atoms with Gasteiger partial charge in [-0.05, 0) is 80.6 Å². The second-order valence-corrected chi connectivity index (χ2v) is 11.7. The highest BCUT2D eigenvalue weighted by molar-refractivity contribution is 6.61. The maximum Gasteiger partial charge on any atom is 0.498 e. The Morgan fingerprint density at radius 3 is 2.22 bits per heavy atom. The summed E-state index contributed by atoms with van der Waals surface area (Å²) in [5.41, 5.74) is -0.680. The fourth-order valence-corrected chi connectivity index (χ4v) is 4.08. The lowest BCUT2D eigenvalue weighted by atomic mass is 9.81. The average molecular weight is 504 g/mol. The number of carbonyl (C=O) groups is 2. The van der Waals surface area contributed by atoms with E-state index in [1.807, 2.05) is 27.7 Å². The van der Waals surface area contributed by atoms with Crippen molar-refractivity contribution in [1.82, 2.24) is 20.2 Å². The number of rotatable bonds is 7. The maximum atomic E-state index is 12.7. The molecule has 2 fully saturated rings. The van der Waals surface area contributed by atoms with Crippen LogP contribution in [-0.4, -0.2) is 76.5 Å². The number of hydrogen-bond acceptors (Lipinski definition) is 8. The van der Waals surface area contributed by atoms with Crippen LogP contribution in [0.1, 0.15) is 74.7 Å². The smallest absolute Gasteiger partial charge is 0.463 e. The molecule has 2 aliphatic rings. The van der Waals surface area contributed by atoms with E-state index in [9.17, 15) is 9.59 Å². The molecule has 0 bridgehead atoms. The molecule has 2 amide bonds. The minimum atomic E-state index is -0.628. The van der Waals surface area contributed by atoms with Gasteiger partial charge in [0.1, 0.15) is 11.6 Å². The van der Waals surface area contributed by atoms with Gasteiger partial charge in [0.05, 0.1) is 17.8 Å². The number of alkyl carbamates (subject to hydrolysis) is 1. The highest BCUT2D eigenvalue weighted by Gasteiger charge is 2.52. The van der Waals surface area contributed by atoms with Crippen molar-refractivity contribution in [2.45, 2.75) is 97.5 Å². The van der Waals surface area contributed by atoms with Crippen molar-refractivity contribution >= 4 is 24.6 Å². The lowest BCUT2D eigenvalue weighted by Crippen LogP contribution is -2.50. The third-order valence-corrected chi connectivity index (χ3v) is 6.96. The van der Waals surface area contributed by atoms with Gasteiger partial charge >= 0.3 is 19.2 Å². The monoisotopic (exact) mass is 504 g/mol. The van der Waals surface area contributed by atoms with Crippen LogP contribution in [0.15, 0.2) is 12.4 Å². The van der Waals surface area contributed by atoms with Gasteiger partial charge in [0, 0.05) is 30.9 Å². The molecule has 1 aromatic heterocycles. The van der Waals surface area contributed by atoms with Gasteiger partial charge in [0.15, 0.2) is 0 Å². The van der Waals surface area contributed by atoms with Gasteiger partial charge in [0.2, 0.25) is 5.91 Å². The lowest BCUT2D eigenvalue weighted by Gasteiger charge is -2.33. The first kappa shape index (κ1) is 28.2. The van der Waals surface area contributed by atoms with E-state index >= 15 is 0 Å². The van der Waals surface area contributed by atoms with Crippen molar-refractivity contribution in [1.29, 1.82) is 0 Å². The molecule has 2 saturated heterocycles. The summed E-state index contributed by atoms with van der Waals surface area (Å²) in [6.45, 7) is 16.9. The van der Waals surface area contributed by atoms with Crippen LogP contribution in [0.4, 0.5) is 4.79 Å². The molecule has 0 saturated carbocycles. The Morgan fingerprint density at radius 1 is 1.14 bits per heavy atom. The number of nitrogens with zero attached hydrogens (tertiary/aromatic N) is 3. The quantitative estimate of drug-likeness (QED) is 0.565. The van der Waals surface area contributed by atoms with Crippen LogP contribution in [0.3, 0.4) is 0 Å². The zero-order chi connectivity index (χ0) is 26.7. The number of aromatic nitrogens is 2. The number of amides is 2. The van der Waals surface area contributed by atoms with Crippen LogP contribution in [0.2, 0.25) is 0 Å². The normalized spacial score (nSPS) is 20.7. The summed E-state index contributed by atoms with van der Waals surface area (Å²) in [5.74, 6) is 0.359. The number of carbonyl (C=O) groups excluding carboxylic acids is 2. The Morgan fingerprint density at radius 2 is 1.69 bits per heavy atom. The van der Waals surface area contributed by atoms with Gasteiger partial charge in [-0.2, -0.15) is 0 Å². The van der Waals surface area contributed by atoms with Crippen molar-refractivity contribution in [3.63, 3.8) is 0 Å². The maximum absolute atomic E-state index is 12.7. The summed E-state index contributed by atoms with van der Waals surface area (Å²) in [7, 11) is -0.501. The number of piperidine rings is 1. The third-order valence-electron chi connectivity index (χ3n) is 6.96. The molecule has 0 aliphatic carbocycles. The Bertz CT molecular complexity index is 894. The number of nitrogens with one attached hydrogen (secondary N) is 1. The first-order valence-electron chi connectivity index (χ1n) is 12.8. The van der Waals surface area contributed by atoms with E-state index in [0.717, 1.165) is 24.7 Å². The summed E-state index contributed by atoms with van der Waals surface area (Å²) in [5, 5.41) is 2.62. The van der Waals surface area contributed by atoms with Crippen LogP contribution in [0.5, 0.6) is 6.01 Å². The van der Waals surface area contributed by atoms with Crippen LogP contribution in [0, 0.1) is 5.92 Å². The van der Waals surface area contributed by atoms with Gasteiger partial charge in [-0.1, -0.05) is 0 Å². The van der Waals surface area contributed by atoms with Crippen LogP contribution >= 0.6 is 0 Å². The number of hydrogen-bond donors (Lipinski definition) is 1. The molecule has 1 atom stereocenters. The lowest BCUT2D eigenvalue weighted by molar-refractivity contribution is -0.134. The third kappa shape index (κ3) is 7.32. The van der Waals surface area contributed by atoms with Crippen molar-refractivity contribution in [3.8, 4) is 6.01 Å². The van der Waals surface area contributed by atoms with E-state index in [2.05, 4.69) is 15.3 Å². The molecule has 36 heavy (non-hydrogen) atoms. The summed E-state index contributed by atoms with van der Waals surface area (Å²) >= 11 is 0. The topological polar surface area (TPSA) is 112 Å². The molecule has 0 spiro atoms. The molecule has 1 N–H and O–H groups in total. The van der Waals surface area contributed by atoms with Crippen LogP contribution < -0.4 is 15.5 Å². The van der Waals surface area contributed by atoms with Crippen molar-refractivity contribution in [3.05, 3.63) is 12.4 Å². The predicted octanol–water partition coefficient (Wildman–Crippen LogP) is 2.70. The summed E-state index contributed by atoms with van der Waals surface area (Å²) in [4.78, 5) is 35.1. The summed E-state index contributed by atoms with van der Waals surface area (Å²) < 4.78 is 23.1. The van der Waals surface area contributed by atoms with Gasteiger partial charge < -0.3 is 29.0 Å². The van der Waals surface area contributed by atoms with Crippen LogP contribution in [0.25, 0.3) is 0 Å². The zero-order valence-electron chi connectivity index (χ0n) is 22.9. The first-order valence-corrected chi connectivity index (χ1v) is 12.8. The van der Waals surface area contributed by atoms with Gasteiger partial charge in [-0.3, -0.25) is 4.79 Å². The minimum absolute atomic E-state index is 0.0916. The first-order chi connectivity index (χ1) is 16.7. The van der Waals surface area contributed by atoms with E-state index in [1.54, 1.807) is 45.0 Å².